The molecule has 1 rings (SSSR count). The van der Waals surface area contributed by atoms with Crippen molar-refractivity contribution in [3.63, 3.8) is 0 Å². The second-order valence-corrected chi connectivity index (χ2v) is 4.65. The fourth-order valence-corrected chi connectivity index (χ4v) is 2.10. The van der Waals surface area contributed by atoms with E-state index in [2.05, 4.69) is 10.4 Å². The Bertz CT molecular complexity index is 381. The van der Waals surface area contributed by atoms with Gasteiger partial charge in [-0.1, -0.05) is 6.92 Å². The molecule has 0 bridgehead atoms. The first kappa shape index (κ1) is 15.5. The number of carbonyl (C=O) groups excluding carboxylic acids is 1. The molecular weight excluding hydrogens is 246 g/mol. The fraction of sp³-hybridized carbons (Fsp3) is 0.692. The third kappa shape index (κ3) is 3.07. The summed E-state index contributed by atoms with van der Waals surface area (Å²) in [5.41, 5.74) is 0.194. The van der Waals surface area contributed by atoms with Crippen LogP contribution in [-0.4, -0.2) is 54.6 Å². The van der Waals surface area contributed by atoms with Crippen molar-refractivity contribution in [2.45, 2.75) is 26.3 Å². The van der Waals surface area contributed by atoms with E-state index in [-0.39, 0.29) is 24.0 Å². The predicted octanol–water partition coefficient (Wildman–Crippen LogP) is 0.341. The average Bonchev–Trinajstić information content (AvgIpc) is 2.39. The van der Waals surface area contributed by atoms with E-state index in [0.717, 1.165) is 0 Å². The topological polar surface area (TPSA) is 74.2 Å². The van der Waals surface area contributed by atoms with Crippen LogP contribution in [0.2, 0.25) is 0 Å². The van der Waals surface area contributed by atoms with Gasteiger partial charge in [0, 0.05) is 19.2 Å². The van der Waals surface area contributed by atoms with Gasteiger partial charge in [-0.3, -0.25) is 5.01 Å². The van der Waals surface area contributed by atoms with E-state index in [4.69, 9.17) is 9.84 Å². The number of esters is 1. The van der Waals surface area contributed by atoms with E-state index in [1.807, 2.05) is 13.8 Å². The maximum atomic E-state index is 12.0. The summed E-state index contributed by atoms with van der Waals surface area (Å²) in [6.45, 7) is 6.55. The minimum absolute atomic E-state index is 0.0319. The number of aliphatic hydroxyl groups is 1. The molecule has 0 aliphatic carbocycles. The maximum absolute atomic E-state index is 12.0. The molecule has 1 unspecified atom stereocenters. The number of hydrogen-bond donors (Lipinski definition) is 2. The van der Waals surface area contributed by atoms with E-state index in [1.165, 1.54) is 0 Å². The Kier molecular flexibility index (Phi) is 5.35. The summed E-state index contributed by atoms with van der Waals surface area (Å²) in [5.74, 6) is -0.419. The van der Waals surface area contributed by atoms with Gasteiger partial charge < -0.3 is 15.2 Å². The number of hydrazone groups is 1. The predicted molar refractivity (Wildman–Crippen MR) is 73.6 cm³/mol. The molecule has 0 aromatic heterocycles. The van der Waals surface area contributed by atoms with Gasteiger partial charge in [0.2, 0.25) is 0 Å². The van der Waals surface area contributed by atoms with Crippen LogP contribution in [0.25, 0.3) is 0 Å². The Morgan fingerprint density at radius 2 is 2.37 bits per heavy atom. The number of β-amino-alcohol motifs (C(OH)–C–C–N with tert-alkyl or cyclic N) is 1. The third-order valence-corrected chi connectivity index (χ3v) is 3.48. The highest BCUT2D eigenvalue weighted by Gasteiger charge is 2.44. The van der Waals surface area contributed by atoms with Crippen molar-refractivity contribution in [1.29, 1.82) is 0 Å². The Morgan fingerprint density at radius 3 is 2.79 bits per heavy atom. The van der Waals surface area contributed by atoms with Gasteiger partial charge in [-0.2, -0.15) is 5.10 Å². The highest BCUT2D eigenvalue weighted by Crippen LogP contribution is 2.34. The smallest absolute Gasteiger partial charge is 0.335 e. The van der Waals surface area contributed by atoms with Gasteiger partial charge in [0.1, 0.15) is 0 Å². The maximum Gasteiger partial charge on any atom is 0.335 e. The van der Waals surface area contributed by atoms with Crippen LogP contribution in [0.4, 0.5) is 0 Å². The Morgan fingerprint density at radius 1 is 1.68 bits per heavy atom. The molecule has 1 aliphatic heterocycles. The van der Waals surface area contributed by atoms with Gasteiger partial charge in [0.15, 0.2) is 0 Å². The third-order valence-electron chi connectivity index (χ3n) is 3.48. The molecule has 0 aromatic rings. The van der Waals surface area contributed by atoms with Crippen molar-refractivity contribution < 1.29 is 14.6 Å². The van der Waals surface area contributed by atoms with Gasteiger partial charge in [-0.25, -0.2) is 4.79 Å². The monoisotopic (exact) mass is 269 g/mol. The van der Waals surface area contributed by atoms with Crippen molar-refractivity contribution in [3.05, 3.63) is 11.8 Å². The van der Waals surface area contributed by atoms with Crippen molar-refractivity contribution >= 4 is 12.2 Å². The molecular formula is C13H23N3O3. The van der Waals surface area contributed by atoms with Crippen LogP contribution in [0.1, 0.15) is 20.8 Å². The summed E-state index contributed by atoms with van der Waals surface area (Å²) in [4.78, 5) is 12.0. The highest BCUT2D eigenvalue weighted by molar-refractivity contribution is 5.91. The van der Waals surface area contributed by atoms with Crippen molar-refractivity contribution in [3.8, 4) is 0 Å². The summed E-state index contributed by atoms with van der Waals surface area (Å²) in [5, 5.41) is 17.8. The summed E-state index contributed by atoms with van der Waals surface area (Å²) in [6.07, 6.45) is 3.47. The molecule has 0 amide bonds. The number of nitrogens with one attached hydrogen (secondary N) is 1. The van der Waals surface area contributed by atoms with Gasteiger partial charge >= 0.3 is 5.97 Å². The quantitative estimate of drug-likeness (QED) is 0.515. The number of nitrogens with zero attached hydrogens (tertiary/aromatic N) is 2. The van der Waals surface area contributed by atoms with Gasteiger partial charge in [-0.05, 0) is 13.8 Å². The SMILES string of the molecule is CCOC(=O)/C(=C/NC)[C@H](C)C1(C)C=NN1CCO. The summed E-state index contributed by atoms with van der Waals surface area (Å²) in [7, 11) is 1.74. The van der Waals surface area contributed by atoms with E-state index in [9.17, 15) is 4.79 Å². The molecule has 108 valence electrons. The van der Waals surface area contributed by atoms with Gasteiger partial charge in [-0.15, -0.1) is 0 Å². The molecule has 1 heterocycles. The van der Waals surface area contributed by atoms with Gasteiger partial charge in [0.25, 0.3) is 0 Å². The molecule has 6 heteroatoms. The van der Waals surface area contributed by atoms with Crippen LogP contribution in [0.15, 0.2) is 16.9 Å². The van der Waals surface area contributed by atoms with Crippen molar-refractivity contribution in [2.75, 3.05) is 26.8 Å². The highest BCUT2D eigenvalue weighted by atomic mass is 16.5. The average molecular weight is 269 g/mol. The minimum Gasteiger partial charge on any atom is -0.463 e. The largest absolute Gasteiger partial charge is 0.463 e. The van der Waals surface area contributed by atoms with Crippen LogP contribution in [0, 0.1) is 5.92 Å². The molecule has 0 saturated heterocycles. The first-order valence-corrected chi connectivity index (χ1v) is 6.49. The zero-order valence-electron chi connectivity index (χ0n) is 12.0. The molecule has 0 spiro atoms. The van der Waals surface area contributed by atoms with E-state index in [0.29, 0.717) is 18.7 Å². The molecule has 2 N–H and O–H groups in total. The normalized spacial score (nSPS) is 23.8. The lowest BCUT2D eigenvalue weighted by Gasteiger charge is -2.47. The zero-order valence-corrected chi connectivity index (χ0v) is 12.0. The second kappa shape index (κ2) is 6.56. The van der Waals surface area contributed by atoms with E-state index >= 15 is 0 Å². The number of ether oxygens (including phenoxy) is 1. The van der Waals surface area contributed by atoms with E-state index in [1.54, 1.807) is 31.4 Å². The molecule has 0 radical (unpaired) electrons. The lowest BCUT2D eigenvalue weighted by Crippen LogP contribution is -2.58. The van der Waals surface area contributed by atoms with Crippen LogP contribution in [0.5, 0.6) is 0 Å². The standard InChI is InChI=1S/C13H23N3O3/c1-5-19-12(18)11(8-14-4)10(2)13(3)9-15-16(13)6-7-17/h8-10,14,17H,5-7H2,1-4H3/b11-8+/t10-,13?/m0/s1. The van der Waals surface area contributed by atoms with Crippen LogP contribution in [0.3, 0.4) is 0 Å². The van der Waals surface area contributed by atoms with Gasteiger partial charge in [0.05, 0.1) is 37.1 Å². The van der Waals surface area contributed by atoms with Crippen molar-refractivity contribution in [1.82, 2.24) is 10.3 Å². The second-order valence-electron chi connectivity index (χ2n) is 4.65. The van der Waals surface area contributed by atoms with Crippen LogP contribution >= 0.6 is 0 Å². The molecule has 0 fully saturated rings. The number of carbonyl (C=O) groups is 1. The Labute approximate surface area is 114 Å². The molecule has 6 nitrogen and oxygen atoms in total. The number of hydrogen-bond acceptors (Lipinski definition) is 6. The Hall–Kier alpha value is -1.56. The molecule has 1 aliphatic rings. The molecule has 0 aromatic carbocycles. The summed E-state index contributed by atoms with van der Waals surface area (Å²) >= 11 is 0. The first-order valence-electron chi connectivity index (χ1n) is 6.49. The lowest BCUT2D eigenvalue weighted by molar-refractivity contribution is -0.139. The number of aliphatic hydroxyl groups excluding tert-OH is 1. The zero-order chi connectivity index (χ0) is 14.5. The van der Waals surface area contributed by atoms with E-state index < -0.39 is 0 Å². The fourth-order valence-electron chi connectivity index (χ4n) is 2.10. The Balaban J connectivity index is 2.89. The lowest BCUT2D eigenvalue weighted by atomic mass is 9.80. The molecule has 0 saturated carbocycles. The number of rotatable bonds is 7. The molecule has 2 atom stereocenters. The van der Waals surface area contributed by atoms with Crippen LogP contribution in [-0.2, 0) is 9.53 Å². The van der Waals surface area contributed by atoms with Crippen molar-refractivity contribution in [2.24, 2.45) is 11.0 Å². The first-order chi connectivity index (χ1) is 9.01. The minimum atomic E-state index is -0.377. The molecule has 19 heavy (non-hydrogen) atoms. The van der Waals surface area contributed by atoms with Crippen LogP contribution < -0.4 is 5.32 Å². The summed E-state index contributed by atoms with van der Waals surface area (Å²) < 4.78 is 5.08. The summed E-state index contributed by atoms with van der Waals surface area (Å²) in [6, 6.07) is 0.